The van der Waals surface area contributed by atoms with Gasteiger partial charge >= 0.3 is 0 Å². The molecule has 1 heterocycles. The first-order valence-corrected chi connectivity index (χ1v) is 10.2. The molecule has 0 aliphatic rings. The van der Waals surface area contributed by atoms with E-state index in [1.807, 2.05) is 24.3 Å². The first-order valence-electron chi connectivity index (χ1n) is 8.40. The maximum Gasteiger partial charge on any atom is 0.270 e. The molecule has 1 amide bonds. The van der Waals surface area contributed by atoms with Crippen LogP contribution in [0.3, 0.4) is 0 Å². The molecule has 12 heteroatoms. The predicted molar refractivity (Wildman–Crippen MR) is 113 cm³/mol. The van der Waals surface area contributed by atoms with E-state index in [1.165, 1.54) is 11.8 Å². The molecule has 0 saturated carbocycles. The fourth-order valence-electron chi connectivity index (χ4n) is 2.41. The predicted octanol–water partition coefficient (Wildman–Crippen LogP) is 2.47. The van der Waals surface area contributed by atoms with Crippen molar-refractivity contribution in [2.45, 2.75) is 5.16 Å². The van der Waals surface area contributed by atoms with E-state index < -0.39 is 16.6 Å². The number of non-ortho nitro benzene ring substituents is 1. The zero-order chi connectivity index (χ0) is 21.7. The molecule has 0 atom stereocenters. The van der Waals surface area contributed by atoms with Gasteiger partial charge in [-0.15, -0.1) is 10.2 Å². The number of carbonyl (C=O) groups excluding carboxylic acids is 1. The zero-order valence-corrected chi connectivity index (χ0v) is 17.9. The Kier molecular flexibility index (Phi) is 6.79. The zero-order valence-electron chi connectivity index (χ0n) is 15.5. The van der Waals surface area contributed by atoms with Crippen molar-refractivity contribution in [1.82, 2.24) is 20.2 Å². The monoisotopic (exact) mass is 489 g/mol. The number of nitrogens with one attached hydrogen (secondary N) is 1. The Bertz CT molecular complexity index is 1130. The summed E-state index contributed by atoms with van der Waals surface area (Å²) < 4.78 is 2.69. The number of hydrazone groups is 1. The molecule has 3 aromatic rings. The van der Waals surface area contributed by atoms with Gasteiger partial charge in [-0.1, -0.05) is 51.6 Å². The van der Waals surface area contributed by atoms with Crippen LogP contribution >= 0.6 is 27.7 Å². The van der Waals surface area contributed by atoms with Crippen molar-refractivity contribution in [2.75, 3.05) is 5.75 Å². The van der Waals surface area contributed by atoms with E-state index in [4.69, 9.17) is 0 Å². The van der Waals surface area contributed by atoms with Crippen LogP contribution in [-0.2, 0) is 11.8 Å². The molecule has 1 aromatic heterocycles. The second-order valence-corrected chi connectivity index (χ2v) is 7.79. The SMILES string of the molecule is Cn1c(SCC(=O)N/N=C\c2cc([N+](=O)[O-])ccc2[O-])nnc1-c1cccc(Br)c1. The number of amides is 1. The normalized spacial score (nSPS) is 11.0. The number of halogens is 1. The number of rotatable bonds is 7. The highest BCUT2D eigenvalue weighted by Crippen LogP contribution is 2.24. The summed E-state index contributed by atoms with van der Waals surface area (Å²) in [5.41, 5.74) is 2.93. The Morgan fingerprint density at radius 3 is 2.87 bits per heavy atom. The molecule has 0 fully saturated rings. The van der Waals surface area contributed by atoms with Crippen LogP contribution in [0, 0.1) is 10.1 Å². The molecule has 0 spiro atoms. The number of benzene rings is 2. The number of hydrogen-bond donors (Lipinski definition) is 1. The van der Waals surface area contributed by atoms with Gasteiger partial charge in [-0.3, -0.25) is 14.9 Å². The topological polar surface area (TPSA) is 138 Å². The van der Waals surface area contributed by atoms with Crippen molar-refractivity contribution in [3.63, 3.8) is 0 Å². The fourth-order valence-corrected chi connectivity index (χ4v) is 3.51. The Labute approximate surface area is 183 Å². The molecular formula is C18H14BrN6O4S-. The molecule has 0 unspecified atom stereocenters. The summed E-state index contributed by atoms with van der Waals surface area (Å²) in [6.45, 7) is 0. The van der Waals surface area contributed by atoms with Gasteiger partial charge in [0.2, 0.25) is 0 Å². The van der Waals surface area contributed by atoms with Crippen LogP contribution in [0.2, 0.25) is 0 Å². The summed E-state index contributed by atoms with van der Waals surface area (Å²) in [6.07, 6.45) is 1.07. The highest BCUT2D eigenvalue weighted by atomic mass is 79.9. The number of nitro benzene ring substituents is 1. The summed E-state index contributed by atoms with van der Waals surface area (Å²) in [6, 6.07) is 10.9. The first kappa shape index (κ1) is 21.5. The molecule has 154 valence electrons. The molecule has 10 nitrogen and oxygen atoms in total. The van der Waals surface area contributed by atoms with E-state index >= 15 is 0 Å². The first-order chi connectivity index (χ1) is 14.3. The average molecular weight is 490 g/mol. The van der Waals surface area contributed by atoms with E-state index in [0.717, 1.165) is 34.4 Å². The summed E-state index contributed by atoms with van der Waals surface area (Å²) in [5.74, 6) is -0.194. The van der Waals surface area contributed by atoms with Gasteiger partial charge in [0.05, 0.1) is 16.9 Å². The minimum Gasteiger partial charge on any atom is -0.872 e. The van der Waals surface area contributed by atoms with Gasteiger partial charge in [-0.2, -0.15) is 5.10 Å². The number of thioether (sulfide) groups is 1. The molecule has 3 rings (SSSR count). The third-order valence-corrected chi connectivity index (χ3v) is 5.36. The van der Waals surface area contributed by atoms with Crippen LogP contribution in [-0.4, -0.2) is 37.6 Å². The second-order valence-electron chi connectivity index (χ2n) is 5.94. The van der Waals surface area contributed by atoms with E-state index in [1.54, 1.807) is 11.6 Å². The van der Waals surface area contributed by atoms with Gasteiger partial charge in [0.15, 0.2) is 11.0 Å². The largest absolute Gasteiger partial charge is 0.872 e. The van der Waals surface area contributed by atoms with Crippen molar-refractivity contribution >= 4 is 45.5 Å². The van der Waals surface area contributed by atoms with Crippen LogP contribution in [0.4, 0.5) is 5.69 Å². The van der Waals surface area contributed by atoms with Crippen molar-refractivity contribution in [3.05, 3.63) is 62.6 Å². The van der Waals surface area contributed by atoms with Crippen molar-refractivity contribution in [2.24, 2.45) is 12.1 Å². The van der Waals surface area contributed by atoms with E-state index in [2.05, 4.69) is 36.7 Å². The van der Waals surface area contributed by atoms with Gasteiger partial charge in [0, 0.05) is 29.2 Å². The number of nitro groups is 1. The average Bonchev–Trinajstić information content (AvgIpc) is 3.08. The van der Waals surface area contributed by atoms with Crippen molar-refractivity contribution in [3.8, 4) is 17.1 Å². The highest BCUT2D eigenvalue weighted by molar-refractivity contribution is 9.10. The van der Waals surface area contributed by atoms with Crippen molar-refractivity contribution in [1.29, 1.82) is 0 Å². The van der Waals surface area contributed by atoms with Gasteiger partial charge in [0.1, 0.15) is 0 Å². The quantitative estimate of drug-likeness (QED) is 0.232. The minimum atomic E-state index is -0.616. The van der Waals surface area contributed by atoms with Gasteiger partial charge < -0.3 is 9.67 Å². The maximum absolute atomic E-state index is 12.0. The van der Waals surface area contributed by atoms with Crippen molar-refractivity contribution < 1.29 is 14.8 Å². The summed E-state index contributed by atoms with van der Waals surface area (Å²) in [7, 11) is 1.80. The second kappa shape index (κ2) is 9.50. The molecule has 2 aromatic carbocycles. The van der Waals surface area contributed by atoms with Gasteiger partial charge in [-0.05, 0) is 17.7 Å². The number of nitrogens with zero attached hydrogens (tertiary/aromatic N) is 5. The summed E-state index contributed by atoms with van der Waals surface area (Å²) in [5, 5.41) is 35.0. The Morgan fingerprint density at radius 2 is 2.13 bits per heavy atom. The van der Waals surface area contributed by atoms with Crippen LogP contribution in [0.1, 0.15) is 5.56 Å². The molecule has 0 bridgehead atoms. The van der Waals surface area contributed by atoms with Crippen LogP contribution in [0.5, 0.6) is 5.75 Å². The number of carbonyl (C=O) groups is 1. The molecule has 30 heavy (non-hydrogen) atoms. The lowest BCUT2D eigenvalue weighted by Gasteiger charge is -2.08. The third-order valence-electron chi connectivity index (χ3n) is 3.85. The fraction of sp³-hybridized carbons (Fsp3) is 0.111. The minimum absolute atomic E-state index is 0.00381. The van der Waals surface area contributed by atoms with E-state index in [0.29, 0.717) is 11.0 Å². The van der Waals surface area contributed by atoms with Gasteiger partial charge in [0.25, 0.3) is 11.6 Å². The Balaban J connectivity index is 1.59. The summed E-state index contributed by atoms with van der Waals surface area (Å²) in [4.78, 5) is 22.2. The Morgan fingerprint density at radius 1 is 1.33 bits per heavy atom. The third kappa shape index (κ3) is 5.21. The highest BCUT2D eigenvalue weighted by Gasteiger charge is 2.13. The van der Waals surface area contributed by atoms with Crippen LogP contribution in [0.25, 0.3) is 11.4 Å². The van der Waals surface area contributed by atoms with Gasteiger partial charge in [-0.25, -0.2) is 5.43 Å². The Hall–Kier alpha value is -3.25. The molecule has 1 N–H and O–H groups in total. The lowest BCUT2D eigenvalue weighted by molar-refractivity contribution is -0.385. The maximum atomic E-state index is 12.0. The number of hydrogen-bond acceptors (Lipinski definition) is 8. The lowest BCUT2D eigenvalue weighted by atomic mass is 10.2. The van der Waals surface area contributed by atoms with Crippen LogP contribution in [0.15, 0.2) is 57.2 Å². The number of aromatic nitrogens is 3. The smallest absolute Gasteiger partial charge is 0.270 e. The molecule has 0 saturated heterocycles. The molecule has 0 aliphatic heterocycles. The summed E-state index contributed by atoms with van der Waals surface area (Å²) >= 11 is 4.59. The van der Waals surface area contributed by atoms with Crippen LogP contribution < -0.4 is 10.5 Å². The molecule has 0 aliphatic carbocycles. The molecular weight excluding hydrogens is 476 g/mol. The van der Waals surface area contributed by atoms with E-state index in [-0.39, 0.29) is 17.0 Å². The molecule has 0 radical (unpaired) electrons. The lowest BCUT2D eigenvalue weighted by Crippen LogP contribution is -2.20. The van der Waals surface area contributed by atoms with E-state index in [9.17, 15) is 20.0 Å². The standard InChI is InChI=1S/C18H15BrN6O4S/c1-24-17(11-3-2-4-13(19)7-11)22-23-18(24)30-10-16(27)21-20-9-12-8-14(25(28)29)5-6-15(12)26/h2-9,26H,10H2,1H3,(H,21,27)/p-1/b20-9-.